The Kier molecular flexibility index (Phi) is 7.63. The van der Waals surface area contributed by atoms with Gasteiger partial charge in [-0.3, -0.25) is 0 Å². The van der Waals surface area contributed by atoms with Gasteiger partial charge in [0.15, 0.2) is 0 Å². The minimum absolute atomic E-state index is 0.350. The van der Waals surface area contributed by atoms with Crippen LogP contribution in [0.4, 0.5) is 0 Å². The molecule has 0 aliphatic carbocycles. The highest BCUT2D eigenvalue weighted by Crippen LogP contribution is 2.34. The van der Waals surface area contributed by atoms with Crippen molar-refractivity contribution in [1.29, 1.82) is 15.8 Å². The molecule has 0 aliphatic rings. The van der Waals surface area contributed by atoms with Crippen LogP contribution in [0.2, 0.25) is 0 Å². The van der Waals surface area contributed by atoms with Gasteiger partial charge < -0.3 is 4.57 Å². The van der Waals surface area contributed by atoms with Gasteiger partial charge in [-0.05, 0) is 61.7 Å². The summed E-state index contributed by atoms with van der Waals surface area (Å²) in [6, 6.07) is 65.1. The third-order valence-electron chi connectivity index (χ3n) is 9.66. The molecule has 0 atom stereocenters. The molecule has 0 aliphatic heterocycles. The maximum absolute atomic E-state index is 10.4. The number of hydrogen-bond donors (Lipinski definition) is 0. The first-order valence-corrected chi connectivity index (χ1v) is 18.4. The van der Waals surface area contributed by atoms with E-state index in [0.29, 0.717) is 16.7 Å². The maximum Gasteiger partial charge on any atom is 0.101 e. The van der Waals surface area contributed by atoms with Gasteiger partial charge in [-0.1, -0.05) is 127 Å². The van der Waals surface area contributed by atoms with Crippen LogP contribution in [-0.2, 0) is 0 Å². The van der Waals surface area contributed by atoms with Crippen molar-refractivity contribution in [1.82, 2.24) is 4.57 Å². The maximum atomic E-state index is 10.4. The molecule has 0 amide bonds. The van der Waals surface area contributed by atoms with E-state index in [1.54, 1.807) is 0 Å². The fourth-order valence-corrected chi connectivity index (χ4v) is 12.5. The van der Waals surface area contributed by atoms with Crippen molar-refractivity contribution in [2.24, 2.45) is 0 Å². The summed E-state index contributed by atoms with van der Waals surface area (Å²) in [7, 11) is -3.05. The Morgan fingerprint density at radius 3 is 1.52 bits per heavy atom. The number of hydrogen-bond acceptors (Lipinski definition) is 3. The molecule has 4 nitrogen and oxygen atoms in total. The average Bonchev–Trinajstić information content (AvgIpc) is 3.53. The Labute approximate surface area is 291 Å². The van der Waals surface area contributed by atoms with Gasteiger partial charge in [0.2, 0.25) is 0 Å². The van der Waals surface area contributed by atoms with Gasteiger partial charge in [-0.2, -0.15) is 36.5 Å². The SMILES string of the molecule is N#Cc1ccc2c(c1)c1ccccc1n2-c1ccc(-c2cc(C#N)c(C#N)cc2[Si-](c2ccccc2)(c2ccccc2)c2ccccc2)cc1. The van der Waals surface area contributed by atoms with Gasteiger partial charge in [0.25, 0.3) is 0 Å². The van der Waals surface area contributed by atoms with Crippen LogP contribution in [0.25, 0.3) is 38.6 Å². The van der Waals surface area contributed by atoms with Gasteiger partial charge in [-0.15, -0.1) is 0 Å². The zero-order valence-corrected chi connectivity index (χ0v) is 28.0. The van der Waals surface area contributed by atoms with Crippen LogP contribution < -0.4 is 20.7 Å². The van der Waals surface area contributed by atoms with Gasteiger partial charge >= 0.3 is 0 Å². The predicted octanol–water partition coefficient (Wildman–Crippen LogP) is 7.44. The number of nitrogens with zero attached hydrogens (tertiary/aromatic N) is 4. The van der Waals surface area contributed by atoms with Gasteiger partial charge in [-0.25, -0.2) is 0 Å². The summed E-state index contributed by atoms with van der Waals surface area (Å²) in [5, 5.41) is 36.9. The van der Waals surface area contributed by atoms with Crippen molar-refractivity contribution in [2.45, 2.75) is 0 Å². The fourth-order valence-electron chi connectivity index (χ4n) is 7.48. The molecule has 0 bridgehead atoms. The first kappa shape index (κ1) is 30.4. The molecule has 0 saturated carbocycles. The Morgan fingerprint density at radius 1 is 0.440 bits per heavy atom. The lowest BCUT2D eigenvalue weighted by molar-refractivity contribution is 1.18. The van der Waals surface area contributed by atoms with E-state index in [4.69, 9.17) is 0 Å². The highest BCUT2D eigenvalue weighted by Gasteiger charge is 2.31. The van der Waals surface area contributed by atoms with Crippen LogP contribution >= 0.6 is 0 Å². The quantitative estimate of drug-likeness (QED) is 0.138. The normalized spacial score (nSPS) is 11.1. The molecule has 1 aromatic heterocycles. The minimum Gasteiger partial charge on any atom is -0.309 e. The monoisotopic (exact) mass is 652 g/mol. The Bertz CT molecular complexity index is 2560. The van der Waals surface area contributed by atoms with Crippen molar-refractivity contribution in [3.05, 3.63) is 187 Å². The second-order valence-corrected chi connectivity index (χ2v) is 16.0. The van der Waals surface area contributed by atoms with Gasteiger partial charge in [0.05, 0.1) is 33.8 Å². The summed E-state index contributed by atoms with van der Waals surface area (Å²) in [6.45, 7) is 0. The Morgan fingerprint density at radius 2 is 0.960 bits per heavy atom. The first-order valence-electron chi connectivity index (χ1n) is 16.4. The molecule has 0 unspecified atom stereocenters. The molecule has 50 heavy (non-hydrogen) atoms. The molecule has 8 aromatic rings. The predicted molar refractivity (Wildman–Crippen MR) is 204 cm³/mol. The molecule has 233 valence electrons. The highest BCUT2D eigenvalue weighted by atomic mass is 28.3. The van der Waals surface area contributed by atoms with E-state index in [-0.39, 0.29) is 0 Å². The summed E-state index contributed by atoms with van der Waals surface area (Å²) >= 11 is 0. The van der Waals surface area contributed by atoms with E-state index < -0.39 is 8.07 Å². The highest BCUT2D eigenvalue weighted by molar-refractivity contribution is 7.20. The van der Waals surface area contributed by atoms with Crippen LogP contribution in [-0.4, -0.2) is 12.6 Å². The Hall–Kier alpha value is -6.97. The number of benzene rings is 7. The van der Waals surface area contributed by atoms with E-state index in [1.165, 1.54) is 15.6 Å². The summed E-state index contributed by atoms with van der Waals surface area (Å²) in [6.07, 6.45) is 0. The largest absolute Gasteiger partial charge is 0.309 e. The standard InChI is InChI=1S/C45H28N4Si/c46-29-32-20-25-44-42(26-32)40-18-10-11-19-43(40)49(44)36-23-21-33(22-24-36)41-27-34(30-47)35(31-48)28-45(41)50(37-12-4-1-5-13-37,38-14-6-2-7-15-38)39-16-8-3-9-17-39/h1-28H/q-1. The van der Waals surface area contributed by atoms with Gasteiger partial charge in [0, 0.05) is 16.5 Å². The topological polar surface area (TPSA) is 76.3 Å². The van der Waals surface area contributed by atoms with Crippen molar-refractivity contribution in [3.63, 3.8) is 0 Å². The lowest BCUT2D eigenvalue weighted by atomic mass is 9.99. The lowest BCUT2D eigenvalue weighted by Gasteiger charge is -2.48. The van der Waals surface area contributed by atoms with E-state index in [1.807, 2.05) is 60.7 Å². The third kappa shape index (κ3) is 4.80. The third-order valence-corrected chi connectivity index (χ3v) is 14.5. The van der Waals surface area contributed by atoms with Crippen molar-refractivity contribution in [3.8, 4) is 35.0 Å². The molecule has 1 heterocycles. The van der Waals surface area contributed by atoms with E-state index in [0.717, 1.165) is 43.8 Å². The first-order chi connectivity index (χ1) is 24.7. The van der Waals surface area contributed by atoms with Crippen LogP contribution in [0.5, 0.6) is 0 Å². The molecular formula is C45H28N4Si-. The molecule has 0 radical (unpaired) electrons. The molecule has 8 rings (SSSR count). The molecule has 0 N–H and O–H groups in total. The summed E-state index contributed by atoms with van der Waals surface area (Å²) in [5.41, 5.74) is 6.28. The van der Waals surface area contributed by atoms with Crippen LogP contribution in [0.1, 0.15) is 16.7 Å². The van der Waals surface area contributed by atoms with E-state index >= 15 is 0 Å². The smallest absolute Gasteiger partial charge is 0.101 e. The second-order valence-electron chi connectivity index (χ2n) is 12.3. The molecule has 0 spiro atoms. The summed E-state index contributed by atoms with van der Waals surface area (Å²) < 4.78 is 2.23. The lowest BCUT2D eigenvalue weighted by Crippen LogP contribution is -2.75. The van der Waals surface area contributed by atoms with Crippen molar-refractivity contribution < 1.29 is 0 Å². The molecule has 7 aromatic carbocycles. The molecule has 5 heteroatoms. The fraction of sp³-hybridized carbons (Fsp3) is 0. The number of para-hydroxylation sites is 1. The van der Waals surface area contributed by atoms with Crippen LogP contribution in [0.3, 0.4) is 0 Å². The van der Waals surface area contributed by atoms with Crippen LogP contribution in [0.15, 0.2) is 170 Å². The summed E-state index contributed by atoms with van der Waals surface area (Å²) in [4.78, 5) is 0. The van der Waals surface area contributed by atoms with E-state index in [9.17, 15) is 15.8 Å². The Balaban J connectivity index is 1.41. The number of rotatable bonds is 6. The molecule has 0 fully saturated rings. The summed E-state index contributed by atoms with van der Waals surface area (Å²) in [5.74, 6) is 0. The van der Waals surface area contributed by atoms with E-state index in [2.05, 4.69) is 132 Å². The number of nitriles is 3. The average molecular weight is 653 g/mol. The number of aromatic nitrogens is 1. The molecular weight excluding hydrogens is 625 g/mol. The zero-order chi connectivity index (χ0) is 34.1. The molecule has 0 saturated heterocycles. The second kappa shape index (κ2) is 12.6. The van der Waals surface area contributed by atoms with Crippen molar-refractivity contribution in [2.75, 3.05) is 0 Å². The minimum atomic E-state index is -3.05. The number of fused-ring (bicyclic) bond motifs is 3. The van der Waals surface area contributed by atoms with Crippen molar-refractivity contribution >= 4 is 50.6 Å². The van der Waals surface area contributed by atoms with Crippen LogP contribution in [0, 0.1) is 34.0 Å². The van der Waals surface area contributed by atoms with Gasteiger partial charge in [0.1, 0.15) is 12.1 Å². The zero-order valence-electron chi connectivity index (χ0n) is 27.0.